The molecule has 0 aliphatic carbocycles. The van der Waals surface area contributed by atoms with Gasteiger partial charge in [0.15, 0.2) is 5.71 Å². The highest BCUT2D eigenvalue weighted by Crippen LogP contribution is 2.32. The van der Waals surface area contributed by atoms with Gasteiger partial charge in [-0.05, 0) is 37.3 Å². The number of methoxy groups -OCH3 is 1. The normalized spacial score (nSPS) is 10.7. The quantitative estimate of drug-likeness (QED) is 0.363. The molecule has 0 spiro atoms. The summed E-state index contributed by atoms with van der Waals surface area (Å²) < 4.78 is 7.10. The number of carbonyl (C=O) groups is 2. The van der Waals surface area contributed by atoms with Crippen molar-refractivity contribution in [2.24, 2.45) is 4.99 Å². The summed E-state index contributed by atoms with van der Waals surface area (Å²) in [5.41, 5.74) is 0.0845. The van der Waals surface area contributed by atoms with Gasteiger partial charge in [-0.25, -0.2) is 15.7 Å². The Morgan fingerprint density at radius 3 is 2.53 bits per heavy atom. The van der Waals surface area contributed by atoms with E-state index < -0.39 is 23.0 Å². The van der Waals surface area contributed by atoms with Crippen LogP contribution in [0.3, 0.4) is 0 Å². The van der Waals surface area contributed by atoms with Gasteiger partial charge in [-0.3, -0.25) is 4.79 Å². The molecular weight excluding hydrogens is 410 g/mol. The first kappa shape index (κ1) is 21.7. The number of aromatic nitrogens is 1. The molecule has 9 nitrogen and oxygen atoms in total. The summed E-state index contributed by atoms with van der Waals surface area (Å²) in [6, 6.07) is 12.3. The zero-order chi connectivity index (χ0) is 23.4. The Balaban J connectivity index is 2.18. The van der Waals surface area contributed by atoms with Crippen LogP contribution in [0.2, 0.25) is 0 Å². The molecule has 0 radical (unpaired) electrons. The molecule has 0 aliphatic rings. The van der Waals surface area contributed by atoms with Crippen LogP contribution in [-0.4, -0.2) is 40.0 Å². The molecule has 0 aliphatic heterocycles. The van der Waals surface area contributed by atoms with E-state index in [1.165, 1.54) is 31.2 Å². The predicted octanol–water partition coefficient (Wildman–Crippen LogP) is 3.47. The highest BCUT2D eigenvalue weighted by molar-refractivity contribution is 6.20. The molecule has 9 heteroatoms. The summed E-state index contributed by atoms with van der Waals surface area (Å²) in [6.45, 7) is 1.73. The van der Waals surface area contributed by atoms with Crippen molar-refractivity contribution < 1.29 is 19.4 Å². The zero-order valence-corrected chi connectivity index (χ0v) is 16.9. The van der Waals surface area contributed by atoms with Crippen LogP contribution in [0, 0.1) is 29.6 Å². The first-order valence-corrected chi connectivity index (χ1v) is 9.09. The van der Waals surface area contributed by atoms with E-state index in [9.17, 15) is 20.0 Å². The third kappa shape index (κ3) is 3.63. The minimum absolute atomic E-state index is 0.0821. The van der Waals surface area contributed by atoms with Gasteiger partial charge in [0.1, 0.15) is 29.2 Å². The molecule has 0 unspecified atom stereocenters. The molecule has 2 heterocycles. The molecule has 0 amide bonds. The number of carboxylic acids is 1. The standard InChI is InChI=1S/C23H14N5O4/c1-13-20(28-8-4-3-5-19(28)22(13)32-2)21(29)14-6-7-17(16(9-14)23(30)31)27-18(12-26)15(10-24)11-25/h3-9H,1-2H3,(H,30,31)/q-1. The molecule has 0 atom stereocenters. The summed E-state index contributed by atoms with van der Waals surface area (Å²) in [5, 5.41) is 36.7. The Kier molecular flexibility index (Phi) is 5.97. The number of aromatic carboxylic acids is 1. The van der Waals surface area contributed by atoms with Crippen LogP contribution in [-0.2, 0) is 0 Å². The van der Waals surface area contributed by atoms with Gasteiger partial charge in [0.2, 0.25) is 5.78 Å². The summed E-state index contributed by atoms with van der Waals surface area (Å²) in [7, 11) is 1.50. The minimum Gasteiger partial charge on any atom is -0.762 e. The van der Waals surface area contributed by atoms with E-state index in [0.29, 0.717) is 22.5 Å². The van der Waals surface area contributed by atoms with Crippen molar-refractivity contribution in [2.45, 2.75) is 6.92 Å². The number of allylic oxidation sites excluding steroid dienone is 1. The third-order valence-corrected chi connectivity index (χ3v) is 4.74. The molecule has 32 heavy (non-hydrogen) atoms. The number of nitriles is 2. The lowest BCUT2D eigenvalue weighted by Gasteiger charge is -2.07. The van der Waals surface area contributed by atoms with Gasteiger partial charge in [-0.1, -0.05) is 6.07 Å². The van der Waals surface area contributed by atoms with Gasteiger partial charge in [-0.15, -0.1) is 0 Å². The SMILES string of the molecule is COc1c(C)c(C(=O)c2ccc(N=C(C#N)C(=C=[N-])C#N)c(C(=O)O)c2)n2ccccc12. The maximum absolute atomic E-state index is 13.3. The Labute approximate surface area is 182 Å². The van der Waals surface area contributed by atoms with E-state index >= 15 is 0 Å². The van der Waals surface area contributed by atoms with E-state index in [1.807, 2.05) is 0 Å². The lowest BCUT2D eigenvalue weighted by molar-refractivity contribution is 0.0698. The number of hydrogen-bond donors (Lipinski definition) is 1. The van der Waals surface area contributed by atoms with E-state index in [-0.39, 0.29) is 16.8 Å². The summed E-state index contributed by atoms with van der Waals surface area (Å²) in [6.07, 6.45) is 1.70. The van der Waals surface area contributed by atoms with Crippen LogP contribution in [0.5, 0.6) is 5.75 Å². The number of rotatable bonds is 6. The van der Waals surface area contributed by atoms with Crippen molar-refractivity contribution in [3.63, 3.8) is 0 Å². The predicted molar refractivity (Wildman–Crippen MR) is 116 cm³/mol. The molecule has 3 rings (SSSR count). The van der Waals surface area contributed by atoms with Crippen LogP contribution in [0.15, 0.2) is 53.2 Å². The van der Waals surface area contributed by atoms with Crippen LogP contribution in [0.4, 0.5) is 5.69 Å². The fourth-order valence-corrected chi connectivity index (χ4v) is 3.31. The molecule has 0 bridgehead atoms. The van der Waals surface area contributed by atoms with Crippen LogP contribution in [0.25, 0.3) is 10.9 Å². The maximum Gasteiger partial charge on any atom is 0.337 e. The van der Waals surface area contributed by atoms with Gasteiger partial charge in [0.25, 0.3) is 0 Å². The first-order chi connectivity index (χ1) is 15.4. The monoisotopic (exact) mass is 424 g/mol. The Bertz CT molecular complexity index is 1440. The lowest BCUT2D eigenvalue weighted by atomic mass is 10.0. The van der Waals surface area contributed by atoms with Gasteiger partial charge >= 0.3 is 5.97 Å². The second-order valence-electron chi connectivity index (χ2n) is 6.50. The minimum atomic E-state index is -1.39. The molecule has 0 saturated heterocycles. The topological polar surface area (TPSA) is 150 Å². The van der Waals surface area contributed by atoms with Crippen molar-refractivity contribution in [1.82, 2.24) is 4.40 Å². The molecule has 2 aromatic heterocycles. The molecule has 3 aromatic rings. The lowest BCUT2D eigenvalue weighted by Crippen LogP contribution is -2.09. The molecule has 1 N–H and O–H groups in total. The smallest absolute Gasteiger partial charge is 0.337 e. The van der Waals surface area contributed by atoms with E-state index in [0.717, 1.165) is 6.07 Å². The number of carboxylic acid groups (broad SMARTS) is 1. The molecule has 1 aromatic carbocycles. The fraction of sp³-hybridized carbons (Fsp3) is 0.0870. The molecule has 0 fully saturated rings. The van der Waals surface area contributed by atoms with Gasteiger partial charge < -0.3 is 19.7 Å². The number of hydrogen-bond acceptors (Lipinski definition) is 6. The second-order valence-corrected chi connectivity index (χ2v) is 6.50. The average Bonchev–Trinajstić information content (AvgIpc) is 3.09. The fourth-order valence-electron chi connectivity index (χ4n) is 3.31. The van der Waals surface area contributed by atoms with Gasteiger partial charge in [-0.2, -0.15) is 10.5 Å². The van der Waals surface area contributed by atoms with Crippen LogP contribution < -0.4 is 4.74 Å². The van der Waals surface area contributed by atoms with Crippen LogP contribution >= 0.6 is 0 Å². The summed E-state index contributed by atoms with van der Waals surface area (Å²) in [5.74, 6) is 0.244. The highest BCUT2D eigenvalue weighted by atomic mass is 16.5. The van der Waals surface area contributed by atoms with Crippen molar-refractivity contribution in [3.8, 4) is 17.9 Å². The zero-order valence-electron chi connectivity index (χ0n) is 16.9. The number of ether oxygens (including phenoxy) is 1. The summed E-state index contributed by atoms with van der Waals surface area (Å²) >= 11 is 0. The Hall–Kier alpha value is -4.98. The number of nitrogens with zero attached hydrogens (tertiary/aromatic N) is 5. The Morgan fingerprint density at radius 2 is 1.94 bits per heavy atom. The largest absolute Gasteiger partial charge is 0.762 e. The van der Waals surface area contributed by atoms with Crippen LogP contribution in [0.1, 0.15) is 32.0 Å². The average molecular weight is 424 g/mol. The van der Waals surface area contributed by atoms with E-state index in [2.05, 4.69) is 4.99 Å². The Morgan fingerprint density at radius 1 is 1.19 bits per heavy atom. The van der Waals surface area contributed by atoms with Crippen molar-refractivity contribution in [1.29, 1.82) is 10.5 Å². The van der Waals surface area contributed by atoms with Gasteiger partial charge in [0, 0.05) is 17.3 Å². The number of pyridine rings is 1. The number of benzene rings is 1. The third-order valence-electron chi connectivity index (χ3n) is 4.74. The number of carbonyl (C=O) groups excluding carboxylic acids is 1. The molecule has 156 valence electrons. The van der Waals surface area contributed by atoms with E-state index in [1.54, 1.807) is 41.8 Å². The van der Waals surface area contributed by atoms with E-state index in [4.69, 9.17) is 15.4 Å². The number of fused-ring (bicyclic) bond motifs is 1. The first-order valence-electron chi connectivity index (χ1n) is 9.09. The highest BCUT2D eigenvalue weighted by Gasteiger charge is 2.24. The number of aliphatic imine (C=N–C) groups is 1. The van der Waals surface area contributed by atoms with Gasteiger partial charge in [0.05, 0.1) is 23.9 Å². The van der Waals surface area contributed by atoms with Crippen molar-refractivity contribution in [3.05, 3.63) is 76.0 Å². The second kappa shape index (κ2) is 8.80. The molecular formula is C23H14N5O4-. The van der Waals surface area contributed by atoms with Crippen molar-refractivity contribution >= 4 is 34.5 Å². The number of ketones is 1. The summed E-state index contributed by atoms with van der Waals surface area (Å²) in [4.78, 5) is 29.0. The maximum atomic E-state index is 13.3. The molecule has 0 saturated carbocycles. The van der Waals surface area contributed by atoms with Crippen molar-refractivity contribution in [2.75, 3.05) is 7.11 Å².